The summed E-state index contributed by atoms with van der Waals surface area (Å²) in [4.78, 5) is 12.4. The maximum atomic E-state index is 12.4. The molecule has 110 valence electrons. The van der Waals surface area contributed by atoms with Gasteiger partial charge in [-0.2, -0.15) is 0 Å². The second-order valence-electron chi connectivity index (χ2n) is 7.00. The molecule has 3 heteroatoms. The molecule has 0 saturated carbocycles. The van der Waals surface area contributed by atoms with Crippen LogP contribution >= 0.6 is 7.80 Å². The van der Waals surface area contributed by atoms with E-state index in [-0.39, 0.29) is 16.9 Å². The van der Waals surface area contributed by atoms with Crippen molar-refractivity contribution in [2.75, 3.05) is 6.16 Å². The van der Waals surface area contributed by atoms with Gasteiger partial charge < -0.3 is 0 Å². The molecule has 0 heterocycles. The molecule has 0 aliphatic rings. The fraction of sp³-hybridized carbons (Fsp3) is 0.588. The van der Waals surface area contributed by atoms with Crippen LogP contribution < -0.4 is 0 Å². The van der Waals surface area contributed by atoms with E-state index in [1.54, 1.807) is 0 Å². The van der Waals surface area contributed by atoms with Gasteiger partial charge in [-0.25, -0.2) is 4.79 Å². The van der Waals surface area contributed by atoms with Gasteiger partial charge in [-0.1, -0.05) is 51.3 Å². The Morgan fingerprint density at radius 3 is 1.95 bits per heavy atom. The number of carbonyl (C=O) groups excluding carboxylic acids is 1. The molecule has 1 aromatic rings. The molecule has 1 aromatic carbocycles. The lowest BCUT2D eigenvalue weighted by molar-refractivity contribution is 0.107. The average Bonchev–Trinajstić information content (AvgIpc) is 2.25. The topological polar surface area (TPSA) is 34.1 Å². The molecular weight excluding hydrogens is 267 g/mol. The summed E-state index contributed by atoms with van der Waals surface area (Å²) in [6.07, 6.45) is 0.466. The summed E-state index contributed by atoms with van der Waals surface area (Å²) < 4.78 is 12.1. The number of hydrogen-bond donors (Lipinski definition) is 0. The SMILES string of the molecule is Cc1cc(C(C)(C)C)cc(C)c1C(=O)[P+](=O)CC(C)C. The minimum atomic E-state index is -1.82. The predicted molar refractivity (Wildman–Crippen MR) is 86.3 cm³/mol. The molecule has 2 nitrogen and oxygen atoms in total. The highest BCUT2D eigenvalue weighted by molar-refractivity contribution is 7.64. The zero-order valence-electron chi connectivity index (χ0n) is 13.7. The van der Waals surface area contributed by atoms with Crippen molar-refractivity contribution in [1.82, 2.24) is 0 Å². The fourth-order valence-electron chi connectivity index (χ4n) is 2.27. The third kappa shape index (κ3) is 3.99. The molecule has 0 spiro atoms. The Balaban J connectivity index is 3.21. The zero-order chi connectivity index (χ0) is 15.7. The van der Waals surface area contributed by atoms with Crippen LogP contribution in [0, 0.1) is 19.8 Å². The maximum Gasteiger partial charge on any atom is 0.420 e. The number of benzene rings is 1. The monoisotopic (exact) mass is 293 g/mol. The normalized spacial score (nSPS) is 12.7. The molecule has 0 amide bonds. The standard InChI is InChI=1S/C17H26O2P/c1-11(2)10-20(19)16(18)15-12(3)8-14(9-13(15)4)17(5,6)7/h8-9,11H,10H2,1-7H3/q+1. The van der Waals surface area contributed by atoms with E-state index < -0.39 is 7.80 Å². The van der Waals surface area contributed by atoms with E-state index in [0.717, 1.165) is 11.1 Å². The molecule has 0 saturated heterocycles. The van der Waals surface area contributed by atoms with Crippen LogP contribution in [0.15, 0.2) is 12.1 Å². The smallest absolute Gasteiger partial charge is 0.234 e. The van der Waals surface area contributed by atoms with E-state index in [0.29, 0.717) is 11.7 Å². The first kappa shape index (κ1) is 17.0. The van der Waals surface area contributed by atoms with Crippen molar-refractivity contribution in [2.24, 2.45) is 5.92 Å². The largest absolute Gasteiger partial charge is 0.420 e. The Hall–Kier alpha value is -1.01. The summed E-state index contributed by atoms with van der Waals surface area (Å²) in [5.41, 5.74) is 3.60. The summed E-state index contributed by atoms with van der Waals surface area (Å²) in [6.45, 7) is 14.3. The van der Waals surface area contributed by atoms with Crippen LogP contribution in [0.5, 0.6) is 0 Å². The third-order valence-electron chi connectivity index (χ3n) is 3.37. The molecular formula is C17H26O2P+. The van der Waals surface area contributed by atoms with Gasteiger partial charge in [0.2, 0.25) is 0 Å². The van der Waals surface area contributed by atoms with Crippen molar-refractivity contribution in [2.45, 2.75) is 53.9 Å². The van der Waals surface area contributed by atoms with Crippen LogP contribution in [-0.4, -0.2) is 11.7 Å². The Labute approximate surface area is 123 Å². The van der Waals surface area contributed by atoms with Crippen molar-refractivity contribution >= 4 is 13.3 Å². The highest BCUT2D eigenvalue weighted by Crippen LogP contribution is 2.34. The van der Waals surface area contributed by atoms with Gasteiger partial charge in [0.25, 0.3) is 0 Å². The van der Waals surface area contributed by atoms with Crippen LogP contribution in [0.2, 0.25) is 0 Å². The summed E-state index contributed by atoms with van der Waals surface area (Å²) in [5.74, 6) is 0.275. The molecule has 0 radical (unpaired) electrons. The second kappa shape index (κ2) is 6.18. The number of hydrogen-bond acceptors (Lipinski definition) is 2. The molecule has 0 N–H and O–H groups in total. The Morgan fingerprint density at radius 2 is 1.60 bits per heavy atom. The molecule has 0 aromatic heterocycles. The first-order valence-electron chi connectivity index (χ1n) is 7.14. The van der Waals surface area contributed by atoms with Crippen molar-refractivity contribution in [3.8, 4) is 0 Å². The summed E-state index contributed by atoms with van der Waals surface area (Å²) >= 11 is 0. The van der Waals surface area contributed by atoms with Gasteiger partial charge in [0.05, 0.1) is 5.56 Å². The van der Waals surface area contributed by atoms with Crippen LogP contribution in [-0.2, 0) is 9.98 Å². The zero-order valence-corrected chi connectivity index (χ0v) is 14.6. The molecule has 1 unspecified atom stereocenters. The Bertz CT molecular complexity index is 513. The first-order chi connectivity index (χ1) is 9.04. The number of carbonyl (C=O) groups is 1. The van der Waals surface area contributed by atoms with Gasteiger partial charge >= 0.3 is 13.3 Å². The number of rotatable bonds is 4. The molecule has 0 aliphatic carbocycles. The summed E-state index contributed by atoms with van der Waals surface area (Å²) in [5, 5.41) is 0. The Kier molecular flexibility index (Phi) is 5.27. The van der Waals surface area contributed by atoms with Crippen LogP contribution in [0.25, 0.3) is 0 Å². The first-order valence-corrected chi connectivity index (χ1v) is 8.59. The summed E-state index contributed by atoms with van der Waals surface area (Å²) in [6, 6.07) is 4.11. The van der Waals surface area contributed by atoms with E-state index in [1.807, 2.05) is 27.7 Å². The lowest BCUT2D eigenvalue weighted by atomic mass is 9.84. The van der Waals surface area contributed by atoms with Gasteiger partial charge in [-0.05, 0) is 41.9 Å². The van der Waals surface area contributed by atoms with E-state index in [2.05, 4.69) is 32.9 Å². The predicted octanol–water partition coefficient (Wildman–Crippen LogP) is 5.22. The minimum absolute atomic E-state index is 0.0528. The molecule has 0 fully saturated rings. The van der Waals surface area contributed by atoms with E-state index in [9.17, 15) is 9.36 Å². The lowest BCUT2D eigenvalue weighted by Crippen LogP contribution is -2.13. The van der Waals surface area contributed by atoms with Crippen LogP contribution in [0.3, 0.4) is 0 Å². The van der Waals surface area contributed by atoms with E-state index in [4.69, 9.17) is 0 Å². The third-order valence-corrected chi connectivity index (χ3v) is 5.11. The van der Waals surface area contributed by atoms with Gasteiger partial charge in [0.15, 0.2) is 6.16 Å². The quantitative estimate of drug-likeness (QED) is 0.713. The van der Waals surface area contributed by atoms with Crippen LogP contribution in [0.4, 0.5) is 0 Å². The lowest BCUT2D eigenvalue weighted by Gasteiger charge is -2.21. The maximum absolute atomic E-state index is 12.4. The van der Waals surface area contributed by atoms with Gasteiger partial charge in [-0.3, -0.25) is 0 Å². The van der Waals surface area contributed by atoms with Crippen molar-refractivity contribution in [3.05, 3.63) is 34.4 Å². The number of aryl methyl sites for hydroxylation is 2. The Morgan fingerprint density at radius 1 is 1.15 bits per heavy atom. The van der Waals surface area contributed by atoms with Crippen LogP contribution in [0.1, 0.15) is 61.7 Å². The van der Waals surface area contributed by atoms with Gasteiger partial charge in [0.1, 0.15) is 0 Å². The van der Waals surface area contributed by atoms with E-state index in [1.165, 1.54) is 5.56 Å². The van der Waals surface area contributed by atoms with Crippen molar-refractivity contribution in [1.29, 1.82) is 0 Å². The molecule has 0 aliphatic heterocycles. The van der Waals surface area contributed by atoms with E-state index >= 15 is 0 Å². The average molecular weight is 293 g/mol. The summed E-state index contributed by atoms with van der Waals surface area (Å²) in [7, 11) is -1.82. The molecule has 0 bridgehead atoms. The van der Waals surface area contributed by atoms with Gasteiger partial charge in [-0.15, -0.1) is 0 Å². The fourth-order valence-corrected chi connectivity index (χ4v) is 3.70. The van der Waals surface area contributed by atoms with Crippen molar-refractivity contribution < 1.29 is 9.36 Å². The second-order valence-corrected chi connectivity index (χ2v) is 8.52. The van der Waals surface area contributed by atoms with Crippen molar-refractivity contribution in [3.63, 3.8) is 0 Å². The molecule has 20 heavy (non-hydrogen) atoms. The molecule has 1 rings (SSSR count). The highest BCUT2D eigenvalue weighted by Gasteiger charge is 2.33. The molecule has 1 atom stereocenters. The highest BCUT2D eigenvalue weighted by atomic mass is 31.1. The minimum Gasteiger partial charge on any atom is -0.234 e. The van der Waals surface area contributed by atoms with Gasteiger partial charge in [0, 0.05) is 0 Å².